The number of benzene rings is 2. The molecule has 3 heterocycles. The maximum Gasteiger partial charge on any atom is 0.270 e. The number of thioether (sulfide) groups is 1. The molecule has 2 aromatic carbocycles. The van der Waals surface area contributed by atoms with E-state index in [0.29, 0.717) is 38.2 Å². The third kappa shape index (κ3) is 4.01. The number of anilines is 1. The summed E-state index contributed by atoms with van der Waals surface area (Å²) in [4.78, 5) is 31.8. The molecule has 0 saturated heterocycles. The minimum atomic E-state index is -0.465. The fourth-order valence-corrected chi connectivity index (χ4v) is 4.93. The summed E-state index contributed by atoms with van der Waals surface area (Å²) >= 11 is 2.34. The number of nitrogens with one attached hydrogen (secondary N) is 1. The van der Waals surface area contributed by atoms with E-state index in [-0.39, 0.29) is 17.3 Å². The molecule has 0 atom stereocenters. The molecule has 5 aromatic rings. The highest BCUT2D eigenvalue weighted by Gasteiger charge is 2.16. The van der Waals surface area contributed by atoms with Crippen LogP contribution in [0.4, 0.5) is 10.8 Å². The Morgan fingerprint density at radius 3 is 2.91 bits per heavy atom. The van der Waals surface area contributed by atoms with Gasteiger partial charge in [0.1, 0.15) is 5.52 Å². The van der Waals surface area contributed by atoms with Gasteiger partial charge in [0.15, 0.2) is 10.8 Å². The van der Waals surface area contributed by atoms with Gasteiger partial charge in [-0.15, -0.1) is 16.8 Å². The van der Waals surface area contributed by atoms with E-state index in [2.05, 4.69) is 32.1 Å². The molecule has 5 rings (SSSR count). The second-order valence-corrected chi connectivity index (χ2v) is 8.92. The van der Waals surface area contributed by atoms with Crippen LogP contribution >= 0.6 is 23.1 Å². The standard InChI is InChI=1S/C21H15N7O3S2/c1-2-9-27-15-6-4-3-5-13(15)18-19(27)24-21(26-25-18)32-11-17(29)23-20-22-14-8-7-12(28(30)31)10-16(14)33-20/h2-8,10H,1,9,11H2,(H,22,23,29). The van der Waals surface area contributed by atoms with E-state index >= 15 is 0 Å². The number of hydrogen-bond donors (Lipinski definition) is 1. The van der Waals surface area contributed by atoms with Crippen LogP contribution < -0.4 is 5.32 Å². The van der Waals surface area contributed by atoms with Crippen LogP contribution in [0.15, 0.2) is 60.3 Å². The second-order valence-electron chi connectivity index (χ2n) is 6.95. The Kier molecular flexibility index (Phi) is 5.44. The van der Waals surface area contributed by atoms with Gasteiger partial charge in [-0.3, -0.25) is 14.9 Å². The molecule has 0 bridgehead atoms. The topological polar surface area (TPSA) is 129 Å². The zero-order chi connectivity index (χ0) is 22.9. The zero-order valence-corrected chi connectivity index (χ0v) is 18.6. The molecule has 1 N–H and O–H groups in total. The number of amides is 1. The second kappa shape index (κ2) is 8.56. The van der Waals surface area contributed by atoms with E-state index in [1.165, 1.54) is 23.5 Å². The highest BCUT2D eigenvalue weighted by atomic mass is 32.2. The number of nitrogens with zero attached hydrogens (tertiary/aromatic N) is 6. The molecular weight excluding hydrogens is 462 g/mol. The summed E-state index contributed by atoms with van der Waals surface area (Å²) in [5.74, 6) is -0.228. The molecule has 0 fully saturated rings. The monoisotopic (exact) mass is 477 g/mol. The predicted molar refractivity (Wildman–Crippen MR) is 129 cm³/mol. The lowest BCUT2D eigenvalue weighted by atomic mass is 10.2. The molecule has 164 valence electrons. The lowest BCUT2D eigenvalue weighted by Gasteiger charge is -2.03. The first-order valence-electron chi connectivity index (χ1n) is 9.73. The fourth-order valence-electron chi connectivity index (χ4n) is 3.43. The first kappa shape index (κ1) is 21.0. The molecule has 12 heteroatoms. The van der Waals surface area contributed by atoms with Crippen LogP contribution in [0.25, 0.3) is 32.3 Å². The van der Waals surface area contributed by atoms with Crippen LogP contribution in [0.3, 0.4) is 0 Å². The van der Waals surface area contributed by atoms with E-state index in [4.69, 9.17) is 0 Å². The number of carbonyl (C=O) groups excluding carboxylic acids is 1. The smallest absolute Gasteiger partial charge is 0.270 e. The van der Waals surface area contributed by atoms with Gasteiger partial charge in [-0.1, -0.05) is 47.4 Å². The van der Waals surface area contributed by atoms with Crippen molar-refractivity contribution in [3.63, 3.8) is 0 Å². The van der Waals surface area contributed by atoms with Gasteiger partial charge >= 0.3 is 0 Å². The molecule has 1 amide bonds. The SMILES string of the molecule is C=CCn1c2ccccc2c2nnc(SCC(=O)Nc3nc4ccc([N+](=O)[O-])cc4s3)nc21. The van der Waals surface area contributed by atoms with Gasteiger partial charge in [-0.05, 0) is 12.1 Å². The molecule has 0 aliphatic rings. The molecule has 0 aliphatic carbocycles. The molecular formula is C21H15N7O3S2. The maximum absolute atomic E-state index is 12.4. The lowest BCUT2D eigenvalue weighted by Crippen LogP contribution is -2.14. The Hall–Kier alpha value is -3.90. The minimum Gasteiger partial charge on any atom is -0.320 e. The summed E-state index contributed by atoms with van der Waals surface area (Å²) in [6, 6.07) is 12.2. The van der Waals surface area contributed by atoms with Gasteiger partial charge in [0.2, 0.25) is 11.1 Å². The van der Waals surface area contributed by atoms with E-state index < -0.39 is 4.92 Å². The van der Waals surface area contributed by atoms with Crippen LogP contribution in [-0.2, 0) is 11.3 Å². The van der Waals surface area contributed by atoms with Crippen LogP contribution in [0.5, 0.6) is 0 Å². The highest BCUT2D eigenvalue weighted by molar-refractivity contribution is 7.99. The van der Waals surface area contributed by atoms with Crippen molar-refractivity contribution in [1.29, 1.82) is 0 Å². The van der Waals surface area contributed by atoms with Crippen molar-refractivity contribution in [2.24, 2.45) is 0 Å². The summed E-state index contributed by atoms with van der Waals surface area (Å²) in [7, 11) is 0. The number of carbonyl (C=O) groups is 1. The number of nitro groups is 1. The van der Waals surface area contributed by atoms with E-state index in [9.17, 15) is 14.9 Å². The average molecular weight is 478 g/mol. The van der Waals surface area contributed by atoms with Crippen molar-refractivity contribution in [1.82, 2.24) is 24.7 Å². The average Bonchev–Trinajstić information content (AvgIpc) is 3.35. The summed E-state index contributed by atoms with van der Waals surface area (Å²) in [6.45, 7) is 4.39. The molecule has 0 spiro atoms. The number of thiazole rings is 1. The quantitative estimate of drug-likeness (QED) is 0.158. The number of hydrogen-bond acceptors (Lipinski definition) is 9. The van der Waals surface area contributed by atoms with Crippen molar-refractivity contribution in [2.75, 3.05) is 11.1 Å². The number of allylic oxidation sites excluding steroid dienone is 1. The number of para-hydroxylation sites is 1. The van der Waals surface area contributed by atoms with E-state index in [1.54, 1.807) is 12.1 Å². The van der Waals surface area contributed by atoms with Crippen LogP contribution in [0, 0.1) is 10.1 Å². The Morgan fingerprint density at radius 2 is 2.09 bits per heavy atom. The largest absolute Gasteiger partial charge is 0.320 e. The number of rotatable bonds is 7. The molecule has 0 unspecified atom stereocenters. The van der Waals surface area contributed by atoms with Gasteiger partial charge < -0.3 is 9.88 Å². The predicted octanol–water partition coefficient (Wildman–Crippen LogP) is 4.41. The van der Waals surface area contributed by atoms with Gasteiger partial charge in [-0.2, -0.15) is 0 Å². The van der Waals surface area contributed by atoms with Gasteiger partial charge in [0.25, 0.3) is 5.69 Å². The molecule has 0 aliphatic heterocycles. The molecule has 0 radical (unpaired) electrons. The first-order valence-corrected chi connectivity index (χ1v) is 11.5. The van der Waals surface area contributed by atoms with E-state index in [0.717, 1.165) is 22.7 Å². The summed E-state index contributed by atoms with van der Waals surface area (Å²) in [5.41, 5.74) is 2.94. The highest BCUT2D eigenvalue weighted by Crippen LogP contribution is 2.30. The number of fused-ring (bicyclic) bond motifs is 4. The van der Waals surface area contributed by atoms with Gasteiger partial charge in [0, 0.05) is 24.1 Å². The number of nitro benzene ring substituents is 1. The number of aromatic nitrogens is 5. The molecule has 33 heavy (non-hydrogen) atoms. The zero-order valence-electron chi connectivity index (χ0n) is 17.0. The van der Waals surface area contributed by atoms with Crippen LogP contribution in [0.1, 0.15) is 0 Å². The normalized spacial score (nSPS) is 11.3. The summed E-state index contributed by atoms with van der Waals surface area (Å²) in [6.07, 6.45) is 1.79. The Labute approximate surface area is 194 Å². The lowest BCUT2D eigenvalue weighted by molar-refractivity contribution is -0.384. The minimum absolute atomic E-state index is 0.0199. The van der Waals surface area contributed by atoms with Gasteiger partial charge in [-0.25, -0.2) is 9.97 Å². The van der Waals surface area contributed by atoms with Crippen molar-refractivity contribution in [3.8, 4) is 0 Å². The fraction of sp³-hybridized carbons (Fsp3) is 0.0952. The first-order chi connectivity index (χ1) is 16.0. The van der Waals surface area contributed by atoms with Crippen molar-refractivity contribution >= 4 is 72.1 Å². The Bertz CT molecular complexity index is 1560. The van der Waals surface area contributed by atoms with Crippen molar-refractivity contribution < 1.29 is 9.72 Å². The number of non-ortho nitro benzene ring substituents is 1. The Balaban J connectivity index is 1.33. The maximum atomic E-state index is 12.4. The van der Waals surface area contributed by atoms with Crippen molar-refractivity contribution in [2.45, 2.75) is 11.7 Å². The Morgan fingerprint density at radius 1 is 1.24 bits per heavy atom. The van der Waals surface area contributed by atoms with E-state index in [1.807, 2.05) is 28.8 Å². The summed E-state index contributed by atoms with van der Waals surface area (Å²) in [5, 5.41) is 23.9. The van der Waals surface area contributed by atoms with Crippen LogP contribution in [0.2, 0.25) is 0 Å². The third-order valence-corrected chi connectivity index (χ3v) is 6.60. The van der Waals surface area contributed by atoms with Crippen LogP contribution in [-0.4, -0.2) is 41.3 Å². The van der Waals surface area contributed by atoms with Crippen molar-refractivity contribution in [3.05, 3.63) is 65.2 Å². The van der Waals surface area contributed by atoms with Gasteiger partial charge in [0.05, 0.1) is 26.4 Å². The molecule has 0 saturated carbocycles. The molecule has 3 aromatic heterocycles. The molecule has 10 nitrogen and oxygen atoms in total. The summed E-state index contributed by atoms with van der Waals surface area (Å²) < 4.78 is 2.64. The third-order valence-electron chi connectivity index (χ3n) is 4.83.